The molecule has 8 heteroatoms. The summed E-state index contributed by atoms with van der Waals surface area (Å²) in [7, 11) is 0. The molecule has 4 heterocycles. The number of amides is 1. The Morgan fingerprint density at radius 1 is 1.18 bits per heavy atom. The summed E-state index contributed by atoms with van der Waals surface area (Å²) >= 11 is 1.46. The summed E-state index contributed by atoms with van der Waals surface area (Å²) in [5.41, 5.74) is 4.53. The maximum atomic E-state index is 12.9. The second-order valence-corrected chi connectivity index (χ2v) is 8.70. The van der Waals surface area contributed by atoms with Gasteiger partial charge in [-0.3, -0.25) is 9.59 Å². The Morgan fingerprint density at radius 3 is 2.97 bits per heavy atom. The largest absolute Gasteiger partial charge is 0.345 e. The van der Waals surface area contributed by atoms with Crippen molar-refractivity contribution in [2.45, 2.75) is 20.0 Å². The van der Waals surface area contributed by atoms with Gasteiger partial charge in [-0.25, -0.2) is 9.97 Å². The first-order valence-corrected chi connectivity index (χ1v) is 11.4. The first kappa shape index (κ1) is 20.8. The van der Waals surface area contributed by atoms with Gasteiger partial charge in [0.25, 0.3) is 11.5 Å². The van der Waals surface area contributed by atoms with E-state index in [1.807, 2.05) is 54.9 Å². The fourth-order valence-electron chi connectivity index (χ4n) is 3.78. The van der Waals surface area contributed by atoms with Crippen LogP contribution in [0.2, 0.25) is 0 Å². The topological polar surface area (TPSA) is 92.7 Å². The fourth-order valence-corrected chi connectivity index (χ4v) is 4.51. The van der Waals surface area contributed by atoms with Gasteiger partial charge in [-0.05, 0) is 36.8 Å². The van der Waals surface area contributed by atoms with E-state index in [1.165, 1.54) is 11.3 Å². The van der Waals surface area contributed by atoms with Crippen LogP contribution >= 0.6 is 11.3 Å². The number of rotatable bonds is 6. The highest BCUT2D eigenvalue weighted by Crippen LogP contribution is 2.28. The highest BCUT2D eigenvalue weighted by atomic mass is 32.1. The minimum Gasteiger partial charge on any atom is -0.345 e. The van der Waals surface area contributed by atoms with Crippen molar-refractivity contribution in [1.29, 1.82) is 0 Å². The number of nitrogens with one attached hydrogen (secondary N) is 2. The van der Waals surface area contributed by atoms with Crippen molar-refractivity contribution in [1.82, 2.24) is 24.8 Å². The molecular formula is C25H21N5O2S. The Kier molecular flexibility index (Phi) is 5.58. The third kappa shape index (κ3) is 4.33. The molecular weight excluding hydrogens is 434 g/mol. The van der Waals surface area contributed by atoms with Crippen molar-refractivity contribution in [3.05, 3.63) is 105 Å². The molecule has 0 fully saturated rings. The highest BCUT2D eigenvalue weighted by Gasteiger charge is 2.14. The van der Waals surface area contributed by atoms with Gasteiger partial charge in [0.2, 0.25) is 0 Å². The molecule has 5 aromatic rings. The highest BCUT2D eigenvalue weighted by molar-refractivity contribution is 7.10. The Hall–Kier alpha value is -4.04. The number of nitrogens with zero attached hydrogens (tertiary/aromatic N) is 3. The lowest BCUT2D eigenvalue weighted by atomic mass is 10.1. The molecule has 164 valence electrons. The lowest BCUT2D eigenvalue weighted by Gasteiger charge is -2.09. The average Bonchev–Trinajstić information content (AvgIpc) is 3.46. The van der Waals surface area contributed by atoms with E-state index in [1.54, 1.807) is 29.1 Å². The van der Waals surface area contributed by atoms with E-state index in [9.17, 15) is 9.59 Å². The lowest BCUT2D eigenvalue weighted by molar-refractivity contribution is 0.0948. The minimum absolute atomic E-state index is 0.115. The van der Waals surface area contributed by atoms with E-state index in [0.717, 1.165) is 38.4 Å². The van der Waals surface area contributed by atoms with Crippen LogP contribution in [-0.4, -0.2) is 25.4 Å². The number of hydrogen-bond acceptors (Lipinski definition) is 5. The van der Waals surface area contributed by atoms with Crippen molar-refractivity contribution < 1.29 is 4.79 Å². The SMILES string of the molecule is Cc1cccc(Cn2cccc(C(=O)NCc3nc(-c4c[nH]c5ncccc45)cs3)c2=O)c1. The summed E-state index contributed by atoms with van der Waals surface area (Å²) in [5.74, 6) is -0.411. The molecule has 0 aliphatic carbocycles. The van der Waals surface area contributed by atoms with E-state index in [4.69, 9.17) is 0 Å². The molecule has 7 nitrogen and oxygen atoms in total. The van der Waals surface area contributed by atoms with Crippen molar-refractivity contribution in [3.8, 4) is 11.3 Å². The van der Waals surface area contributed by atoms with E-state index in [0.29, 0.717) is 6.54 Å². The molecule has 0 aliphatic heterocycles. The molecule has 0 saturated heterocycles. The summed E-state index contributed by atoms with van der Waals surface area (Å²) in [6.45, 7) is 2.67. The number of thiazole rings is 1. The van der Waals surface area contributed by atoms with Crippen LogP contribution in [0, 0.1) is 6.92 Å². The van der Waals surface area contributed by atoms with Crippen LogP contribution in [0.25, 0.3) is 22.3 Å². The fraction of sp³-hybridized carbons (Fsp3) is 0.120. The van der Waals surface area contributed by atoms with Crippen LogP contribution in [0.1, 0.15) is 26.5 Å². The number of aromatic nitrogens is 4. The first-order chi connectivity index (χ1) is 16.1. The standard InChI is InChI=1S/C25H21N5O2S/c1-16-5-2-6-17(11-16)14-30-10-4-8-19(25(30)32)24(31)28-13-22-29-21(15-33-22)20-12-27-23-18(20)7-3-9-26-23/h2-12,15H,13-14H2,1H3,(H,26,27)(H,28,31). The van der Waals surface area contributed by atoms with E-state index in [-0.39, 0.29) is 17.7 Å². The van der Waals surface area contributed by atoms with Crippen LogP contribution in [0.3, 0.4) is 0 Å². The van der Waals surface area contributed by atoms with Crippen molar-refractivity contribution in [2.24, 2.45) is 0 Å². The van der Waals surface area contributed by atoms with Gasteiger partial charge in [0.15, 0.2) is 0 Å². The molecule has 0 radical (unpaired) electrons. The Labute approximate surface area is 193 Å². The van der Waals surface area contributed by atoms with Crippen LogP contribution in [-0.2, 0) is 13.1 Å². The van der Waals surface area contributed by atoms with Gasteiger partial charge in [0, 0.05) is 34.9 Å². The Balaban J connectivity index is 1.29. The second kappa shape index (κ2) is 8.84. The maximum absolute atomic E-state index is 12.9. The molecule has 0 atom stereocenters. The van der Waals surface area contributed by atoms with Crippen molar-refractivity contribution >= 4 is 28.3 Å². The molecule has 4 aromatic heterocycles. The molecule has 0 unspecified atom stereocenters. The van der Waals surface area contributed by atoms with Crippen molar-refractivity contribution in [2.75, 3.05) is 0 Å². The van der Waals surface area contributed by atoms with Gasteiger partial charge in [0.1, 0.15) is 16.2 Å². The monoisotopic (exact) mass is 455 g/mol. The zero-order chi connectivity index (χ0) is 22.8. The number of fused-ring (bicyclic) bond motifs is 1. The van der Waals surface area contributed by atoms with Gasteiger partial charge in [0.05, 0.1) is 18.8 Å². The van der Waals surface area contributed by atoms with Crippen LogP contribution < -0.4 is 10.9 Å². The van der Waals surface area contributed by atoms with E-state index >= 15 is 0 Å². The minimum atomic E-state index is -0.411. The molecule has 0 bridgehead atoms. The quantitative estimate of drug-likeness (QED) is 0.403. The van der Waals surface area contributed by atoms with Gasteiger partial charge < -0.3 is 14.9 Å². The van der Waals surface area contributed by atoms with Gasteiger partial charge in [-0.2, -0.15) is 0 Å². The number of carbonyl (C=O) groups is 1. The molecule has 1 amide bonds. The molecule has 5 rings (SSSR count). The zero-order valence-electron chi connectivity index (χ0n) is 17.9. The maximum Gasteiger partial charge on any atom is 0.263 e. The summed E-state index contributed by atoms with van der Waals surface area (Å²) in [6.07, 6.45) is 5.32. The predicted molar refractivity (Wildman–Crippen MR) is 129 cm³/mol. The summed E-state index contributed by atoms with van der Waals surface area (Å²) in [6, 6.07) is 15.1. The lowest BCUT2D eigenvalue weighted by Crippen LogP contribution is -2.32. The molecule has 0 aliphatic rings. The Bertz CT molecular complexity index is 1510. The molecule has 2 N–H and O–H groups in total. The smallest absolute Gasteiger partial charge is 0.263 e. The van der Waals surface area contributed by atoms with Crippen LogP contribution in [0.4, 0.5) is 0 Å². The van der Waals surface area contributed by atoms with Gasteiger partial charge in [-0.15, -0.1) is 11.3 Å². The number of H-pyrrole nitrogens is 1. The summed E-state index contributed by atoms with van der Waals surface area (Å²) in [4.78, 5) is 37.7. The van der Waals surface area contributed by atoms with Gasteiger partial charge >= 0.3 is 0 Å². The molecule has 0 saturated carbocycles. The molecule has 0 spiro atoms. The normalized spacial score (nSPS) is 11.1. The summed E-state index contributed by atoms with van der Waals surface area (Å²) in [5, 5.41) is 6.53. The number of benzene rings is 1. The predicted octanol–water partition coefficient (Wildman–Crippen LogP) is 4.13. The van der Waals surface area contributed by atoms with Gasteiger partial charge in [-0.1, -0.05) is 29.8 Å². The average molecular weight is 456 g/mol. The first-order valence-electron chi connectivity index (χ1n) is 10.5. The third-order valence-corrected chi connectivity index (χ3v) is 6.23. The number of carbonyl (C=O) groups excluding carboxylic acids is 1. The van der Waals surface area contributed by atoms with E-state index in [2.05, 4.69) is 20.3 Å². The van der Waals surface area contributed by atoms with Crippen molar-refractivity contribution in [3.63, 3.8) is 0 Å². The molecule has 33 heavy (non-hydrogen) atoms. The zero-order valence-corrected chi connectivity index (χ0v) is 18.7. The number of pyridine rings is 2. The van der Waals surface area contributed by atoms with Crippen LogP contribution in [0.5, 0.6) is 0 Å². The van der Waals surface area contributed by atoms with E-state index < -0.39 is 5.91 Å². The molecule has 1 aromatic carbocycles. The number of aromatic amines is 1. The Morgan fingerprint density at radius 2 is 2.09 bits per heavy atom. The van der Waals surface area contributed by atoms with Crippen LogP contribution in [0.15, 0.2) is 77.3 Å². The number of aryl methyl sites for hydroxylation is 1. The second-order valence-electron chi connectivity index (χ2n) is 7.76. The summed E-state index contributed by atoms with van der Waals surface area (Å²) < 4.78 is 1.55. The number of hydrogen-bond donors (Lipinski definition) is 2. The third-order valence-electron chi connectivity index (χ3n) is 5.38.